The van der Waals surface area contributed by atoms with E-state index in [4.69, 9.17) is 0 Å². The summed E-state index contributed by atoms with van der Waals surface area (Å²) in [5, 5.41) is 9.34. The van der Waals surface area contributed by atoms with E-state index in [-0.39, 0.29) is 11.5 Å². The Balaban J connectivity index is 3.27. The lowest BCUT2D eigenvalue weighted by atomic mass is 10.0. The van der Waals surface area contributed by atoms with Crippen LogP contribution in [0.25, 0.3) is 5.57 Å². The van der Waals surface area contributed by atoms with Crippen molar-refractivity contribution in [3.8, 4) is 5.75 Å². The highest BCUT2D eigenvalue weighted by Gasteiger charge is 2.06. The maximum atomic E-state index is 11.1. The van der Waals surface area contributed by atoms with Crippen LogP contribution in [0.5, 0.6) is 5.75 Å². The smallest absolute Gasteiger partial charge is 0.163 e. The predicted molar refractivity (Wildman–Crippen MR) is 52.8 cm³/mol. The van der Waals surface area contributed by atoms with Crippen LogP contribution in [-0.2, 0) is 0 Å². The molecule has 0 unspecified atom stereocenters. The van der Waals surface area contributed by atoms with Gasteiger partial charge in [-0.1, -0.05) is 18.2 Å². The summed E-state index contributed by atoms with van der Waals surface area (Å²) in [5.41, 5.74) is 2.10. The van der Waals surface area contributed by atoms with Crippen molar-refractivity contribution in [3.05, 3.63) is 35.9 Å². The number of hydrogen-bond donors (Lipinski definition) is 1. The Morgan fingerprint density at radius 2 is 2.00 bits per heavy atom. The van der Waals surface area contributed by atoms with E-state index < -0.39 is 0 Å². The van der Waals surface area contributed by atoms with Gasteiger partial charge < -0.3 is 5.11 Å². The normalized spacial score (nSPS) is 9.69. The van der Waals surface area contributed by atoms with Crippen LogP contribution in [0.2, 0.25) is 0 Å². The van der Waals surface area contributed by atoms with Gasteiger partial charge in [-0.05, 0) is 31.5 Å². The van der Waals surface area contributed by atoms with Gasteiger partial charge in [0.15, 0.2) is 5.78 Å². The van der Waals surface area contributed by atoms with Gasteiger partial charge in [-0.2, -0.15) is 0 Å². The molecule has 0 aliphatic heterocycles. The number of rotatable bonds is 2. The molecule has 0 atom stereocenters. The maximum absolute atomic E-state index is 11.1. The van der Waals surface area contributed by atoms with Gasteiger partial charge in [0, 0.05) is 0 Å². The first-order chi connectivity index (χ1) is 6.02. The summed E-state index contributed by atoms with van der Waals surface area (Å²) in [4.78, 5) is 11.1. The molecule has 68 valence electrons. The van der Waals surface area contributed by atoms with E-state index in [9.17, 15) is 9.90 Å². The van der Waals surface area contributed by atoms with E-state index >= 15 is 0 Å². The molecule has 2 nitrogen and oxygen atoms in total. The molecule has 0 heterocycles. The number of allylic oxidation sites excluding steroid dienone is 1. The van der Waals surface area contributed by atoms with Crippen LogP contribution in [0.1, 0.15) is 29.8 Å². The van der Waals surface area contributed by atoms with Gasteiger partial charge in [-0.3, -0.25) is 4.79 Å². The lowest BCUT2D eigenvalue weighted by Gasteiger charge is -2.04. The quantitative estimate of drug-likeness (QED) is 0.703. The van der Waals surface area contributed by atoms with Gasteiger partial charge in [-0.25, -0.2) is 0 Å². The second kappa shape index (κ2) is 3.44. The SMILES string of the molecule is C=C(C)c1ccc(O)c(C(C)=O)c1. The van der Waals surface area contributed by atoms with Gasteiger partial charge >= 0.3 is 0 Å². The number of phenolic OH excluding ortho intramolecular Hbond substituents is 1. The Bertz CT molecular complexity index is 364. The van der Waals surface area contributed by atoms with Crippen molar-refractivity contribution in [1.29, 1.82) is 0 Å². The average Bonchev–Trinajstić information content (AvgIpc) is 2.04. The van der Waals surface area contributed by atoms with Crippen LogP contribution < -0.4 is 0 Å². The molecule has 13 heavy (non-hydrogen) atoms. The molecule has 1 N–H and O–H groups in total. The Morgan fingerprint density at radius 1 is 1.38 bits per heavy atom. The van der Waals surface area contributed by atoms with Gasteiger partial charge in [0.25, 0.3) is 0 Å². The van der Waals surface area contributed by atoms with E-state index in [1.54, 1.807) is 12.1 Å². The Hall–Kier alpha value is -1.57. The summed E-state index contributed by atoms with van der Waals surface area (Å²) in [6, 6.07) is 4.91. The van der Waals surface area contributed by atoms with Crippen LogP contribution >= 0.6 is 0 Å². The van der Waals surface area contributed by atoms with Crippen molar-refractivity contribution in [1.82, 2.24) is 0 Å². The molecule has 0 bridgehead atoms. The molecule has 0 aliphatic rings. The molecule has 0 radical (unpaired) electrons. The molecule has 1 rings (SSSR count). The molecule has 2 heteroatoms. The number of Topliss-reactive ketones (excluding diaryl/α,β-unsaturated/α-hetero) is 1. The van der Waals surface area contributed by atoms with Crippen LogP contribution in [0.3, 0.4) is 0 Å². The molecule has 1 aromatic carbocycles. The molecule has 0 saturated carbocycles. The summed E-state index contributed by atoms with van der Waals surface area (Å²) < 4.78 is 0. The fourth-order valence-electron chi connectivity index (χ4n) is 1.08. The largest absolute Gasteiger partial charge is 0.507 e. The first-order valence-corrected chi connectivity index (χ1v) is 4.02. The number of ketones is 1. The fraction of sp³-hybridized carbons (Fsp3) is 0.182. The van der Waals surface area contributed by atoms with Gasteiger partial charge in [0.2, 0.25) is 0 Å². The number of phenols is 1. The zero-order valence-electron chi connectivity index (χ0n) is 7.79. The molecular weight excluding hydrogens is 164 g/mol. The van der Waals surface area contributed by atoms with Crippen LogP contribution in [-0.4, -0.2) is 10.9 Å². The minimum absolute atomic E-state index is 0.0255. The highest BCUT2D eigenvalue weighted by Crippen LogP contribution is 2.22. The van der Waals surface area contributed by atoms with Crippen LogP contribution in [0.4, 0.5) is 0 Å². The minimum Gasteiger partial charge on any atom is -0.507 e. The molecule has 0 aromatic heterocycles. The van der Waals surface area contributed by atoms with Crippen molar-refractivity contribution < 1.29 is 9.90 Å². The molecule has 0 aliphatic carbocycles. The number of hydrogen-bond acceptors (Lipinski definition) is 2. The van der Waals surface area contributed by atoms with Crippen molar-refractivity contribution in [3.63, 3.8) is 0 Å². The Kier molecular flexibility index (Phi) is 2.52. The lowest BCUT2D eigenvalue weighted by molar-refractivity contribution is 0.101. The molecule has 0 saturated heterocycles. The predicted octanol–water partition coefficient (Wildman–Crippen LogP) is 2.63. The van der Waals surface area contributed by atoms with Crippen LogP contribution in [0.15, 0.2) is 24.8 Å². The number of carbonyl (C=O) groups is 1. The number of aromatic hydroxyl groups is 1. The highest BCUT2D eigenvalue weighted by atomic mass is 16.3. The molecular formula is C11H12O2. The first-order valence-electron chi connectivity index (χ1n) is 4.02. The highest BCUT2D eigenvalue weighted by molar-refractivity contribution is 5.97. The van der Waals surface area contributed by atoms with Crippen LogP contribution in [0, 0.1) is 0 Å². The second-order valence-electron chi connectivity index (χ2n) is 3.07. The zero-order valence-corrected chi connectivity index (χ0v) is 7.79. The zero-order chi connectivity index (χ0) is 10.0. The van der Waals surface area contributed by atoms with E-state index in [0.717, 1.165) is 11.1 Å². The van der Waals surface area contributed by atoms with Crippen molar-refractivity contribution in [2.75, 3.05) is 0 Å². The standard InChI is InChI=1S/C11H12O2/c1-7(2)9-4-5-11(13)10(6-9)8(3)12/h4-6,13H,1H2,2-3H3. The molecule has 0 amide bonds. The third-order valence-electron chi connectivity index (χ3n) is 1.87. The Labute approximate surface area is 77.5 Å². The summed E-state index contributed by atoms with van der Waals surface area (Å²) in [6.07, 6.45) is 0. The monoisotopic (exact) mass is 176 g/mol. The molecule has 0 fully saturated rings. The van der Waals surface area contributed by atoms with E-state index in [1.807, 2.05) is 6.92 Å². The minimum atomic E-state index is -0.138. The molecule has 0 spiro atoms. The summed E-state index contributed by atoms with van der Waals surface area (Å²) >= 11 is 0. The van der Waals surface area contributed by atoms with E-state index in [2.05, 4.69) is 6.58 Å². The summed E-state index contributed by atoms with van der Waals surface area (Å²) in [7, 11) is 0. The van der Waals surface area contributed by atoms with Crippen molar-refractivity contribution in [2.45, 2.75) is 13.8 Å². The molecule has 1 aromatic rings. The Morgan fingerprint density at radius 3 is 2.46 bits per heavy atom. The first kappa shape index (κ1) is 9.52. The topological polar surface area (TPSA) is 37.3 Å². The number of carbonyl (C=O) groups excluding carboxylic acids is 1. The summed E-state index contributed by atoms with van der Waals surface area (Å²) in [5.74, 6) is -0.113. The number of benzene rings is 1. The third-order valence-corrected chi connectivity index (χ3v) is 1.87. The lowest BCUT2D eigenvalue weighted by Crippen LogP contribution is -1.93. The van der Waals surface area contributed by atoms with E-state index in [0.29, 0.717) is 5.56 Å². The van der Waals surface area contributed by atoms with Gasteiger partial charge in [0.05, 0.1) is 5.56 Å². The second-order valence-corrected chi connectivity index (χ2v) is 3.07. The van der Waals surface area contributed by atoms with Gasteiger partial charge in [0.1, 0.15) is 5.75 Å². The fourth-order valence-corrected chi connectivity index (χ4v) is 1.08. The van der Waals surface area contributed by atoms with E-state index in [1.165, 1.54) is 13.0 Å². The summed E-state index contributed by atoms with van der Waals surface area (Å²) in [6.45, 7) is 7.05. The average molecular weight is 176 g/mol. The maximum Gasteiger partial charge on any atom is 0.163 e. The third kappa shape index (κ3) is 1.96. The van der Waals surface area contributed by atoms with Crippen molar-refractivity contribution in [2.24, 2.45) is 0 Å². The van der Waals surface area contributed by atoms with Crippen molar-refractivity contribution >= 4 is 11.4 Å². The van der Waals surface area contributed by atoms with Gasteiger partial charge in [-0.15, -0.1) is 0 Å².